The van der Waals surface area contributed by atoms with Crippen LogP contribution in [0.3, 0.4) is 0 Å². The van der Waals surface area contributed by atoms with Crippen molar-refractivity contribution in [3.05, 3.63) is 12.4 Å². The first-order valence-corrected chi connectivity index (χ1v) is 8.05. The summed E-state index contributed by atoms with van der Waals surface area (Å²) in [6, 6.07) is 0. The smallest absolute Gasteiger partial charge is 0.404 e. The van der Waals surface area contributed by atoms with E-state index in [4.69, 9.17) is 9.31 Å². The molecule has 0 bridgehead atoms. The minimum atomic E-state index is -2.40. The van der Waals surface area contributed by atoms with Crippen LogP contribution in [0.1, 0.15) is 13.8 Å². The Morgan fingerprint density at radius 1 is 1.35 bits per heavy atom. The van der Waals surface area contributed by atoms with Crippen LogP contribution in [0.15, 0.2) is 12.4 Å². The van der Waals surface area contributed by atoms with E-state index in [1.807, 2.05) is 13.8 Å². The minimum Gasteiger partial charge on any atom is -0.404 e. The fourth-order valence-electron chi connectivity index (χ4n) is 1.53. The molecule has 0 spiro atoms. The first-order valence-electron chi connectivity index (χ1n) is 5.45. The topological polar surface area (TPSA) is 61.3 Å². The van der Waals surface area contributed by atoms with Gasteiger partial charge in [-0.2, -0.15) is 0 Å². The van der Waals surface area contributed by atoms with Crippen LogP contribution in [0.25, 0.3) is 0 Å². The van der Waals surface area contributed by atoms with Gasteiger partial charge in [0.05, 0.1) is 12.2 Å². The molecule has 1 aliphatic rings. The summed E-state index contributed by atoms with van der Waals surface area (Å²) in [7, 11) is -2.82. The maximum atomic E-state index is 11.8. The fraction of sp³-hybridized carbons (Fsp3) is 0.600. The highest BCUT2D eigenvalue weighted by Crippen LogP contribution is 2.31. The molecular formula is C10H16BN2O3P. The minimum absolute atomic E-state index is 0.284. The second-order valence-corrected chi connectivity index (χ2v) is 8.29. The molecule has 1 aromatic heterocycles. The van der Waals surface area contributed by atoms with E-state index in [-0.39, 0.29) is 5.60 Å². The Kier molecular flexibility index (Phi) is 3.14. The van der Waals surface area contributed by atoms with Crippen molar-refractivity contribution in [1.82, 2.24) is 9.97 Å². The standard InChI is InChI=1S/C10H16BN2O3P/c1-10(2)7-15-11(16-10)8-5-12-9(13-6-8)17(3,4)14/h5-6H,7H2,1-4H3. The van der Waals surface area contributed by atoms with Gasteiger partial charge in [0.2, 0.25) is 0 Å². The van der Waals surface area contributed by atoms with E-state index in [1.165, 1.54) is 0 Å². The average Bonchev–Trinajstić information content (AvgIpc) is 2.58. The molecule has 0 aromatic carbocycles. The highest BCUT2D eigenvalue weighted by atomic mass is 31.2. The third kappa shape index (κ3) is 2.95. The number of aromatic nitrogens is 2. The van der Waals surface area contributed by atoms with Gasteiger partial charge < -0.3 is 13.9 Å². The first kappa shape index (κ1) is 12.7. The molecule has 1 aromatic rings. The molecule has 0 unspecified atom stereocenters. The largest absolute Gasteiger partial charge is 0.497 e. The van der Waals surface area contributed by atoms with Gasteiger partial charge in [0.25, 0.3) is 0 Å². The predicted octanol–water partition coefficient (Wildman–Crippen LogP) is 0.245. The Bertz CT molecular complexity index is 457. The zero-order chi connectivity index (χ0) is 12.7. The summed E-state index contributed by atoms with van der Waals surface area (Å²) in [5.74, 6) is 0. The quantitative estimate of drug-likeness (QED) is 0.559. The van der Waals surface area contributed by atoms with E-state index in [2.05, 4.69) is 9.97 Å². The molecule has 7 heteroatoms. The van der Waals surface area contributed by atoms with Crippen molar-refractivity contribution in [1.29, 1.82) is 0 Å². The summed E-state index contributed by atoms with van der Waals surface area (Å²) in [6.45, 7) is 7.77. The van der Waals surface area contributed by atoms with Crippen LogP contribution in [-0.4, -0.2) is 42.6 Å². The lowest BCUT2D eigenvalue weighted by Gasteiger charge is -2.15. The average molecular weight is 254 g/mol. The molecule has 0 amide bonds. The summed E-state index contributed by atoms with van der Waals surface area (Å²) in [5.41, 5.74) is 0.861. The molecule has 2 heterocycles. The number of hydrogen-bond acceptors (Lipinski definition) is 5. The van der Waals surface area contributed by atoms with Gasteiger partial charge in [0, 0.05) is 17.9 Å². The number of rotatable bonds is 2. The number of hydrogen-bond donors (Lipinski definition) is 0. The van der Waals surface area contributed by atoms with Crippen LogP contribution in [0.5, 0.6) is 0 Å². The van der Waals surface area contributed by atoms with Crippen molar-refractivity contribution in [2.45, 2.75) is 19.4 Å². The molecule has 92 valence electrons. The normalized spacial score (nSPS) is 19.6. The Balaban J connectivity index is 2.17. The third-order valence-electron chi connectivity index (χ3n) is 2.42. The van der Waals surface area contributed by atoms with Gasteiger partial charge in [0.15, 0.2) is 5.57 Å². The van der Waals surface area contributed by atoms with Gasteiger partial charge in [-0.05, 0) is 27.2 Å². The molecular weight excluding hydrogens is 238 g/mol. The molecule has 17 heavy (non-hydrogen) atoms. The molecule has 0 saturated carbocycles. The monoisotopic (exact) mass is 254 g/mol. The summed E-state index contributed by atoms with van der Waals surface area (Å²) >= 11 is 0. The lowest BCUT2D eigenvalue weighted by molar-refractivity contribution is 0.137. The van der Waals surface area contributed by atoms with Crippen LogP contribution in [0.4, 0.5) is 0 Å². The van der Waals surface area contributed by atoms with Crippen molar-refractivity contribution >= 4 is 25.3 Å². The molecule has 1 saturated heterocycles. The van der Waals surface area contributed by atoms with E-state index in [0.717, 1.165) is 5.46 Å². The van der Waals surface area contributed by atoms with Crippen molar-refractivity contribution < 1.29 is 13.9 Å². The maximum absolute atomic E-state index is 11.8. The fourth-order valence-corrected chi connectivity index (χ4v) is 2.20. The molecule has 0 N–H and O–H groups in total. The van der Waals surface area contributed by atoms with Crippen LogP contribution >= 0.6 is 7.14 Å². The highest BCUT2D eigenvalue weighted by molar-refractivity contribution is 7.69. The lowest BCUT2D eigenvalue weighted by Crippen LogP contribution is -2.36. The van der Waals surface area contributed by atoms with Gasteiger partial charge >= 0.3 is 7.12 Å². The summed E-state index contributed by atoms with van der Waals surface area (Å²) < 4.78 is 23.0. The number of nitrogens with zero attached hydrogens (tertiary/aromatic N) is 2. The lowest BCUT2D eigenvalue weighted by atomic mass is 9.81. The van der Waals surface area contributed by atoms with Crippen molar-refractivity contribution in [2.75, 3.05) is 19.9 Å². The van der Waals surface area contributed by atoms with Gasteiger partial charge in [0.1, 0.15) is 7.14 Å². The van der Waals surface area contributed by atoms with Gasteiger partial charge in [-0.25, -0.2) is 9.97 Å². The second kappa shape index (κ2) is 4.20. The molecule has 2 rings (SSSR count). The van der Waals surface area contributed by atoms with E-state index in [1.54, 1.807) is 25.7 Å². The molecule has 0 radical (unpaired) electrons. The Hall–Kier alpha value is -0.705. The highest BCUT2D eigenvalue weighted by Gasteiger charge is 2.38. The summed E-state index contributed by atoms with van der Waals surface area (Å²) in [5, 5.41) is 0. The van der Waals surface area contributed by atoms with Crippen molar-refractivity contribution in [3.63, 3.8) is 0 Å². The molecule has 0 aliphatic carbocycles. The van der Waals surface area contributed by atoms with Crippen LogP contribution in [0.2, 0.25) is 0 Å². The second-order valence-electron chi connectivity index (χ2n) is 5.19. The Morgan fingerprint density at radius 2 is 1.94 bits per heavy atom. The molecule has 5 nitrogen and oxygen atoms in total. The Morgan fingerprint density at radius 3 is 2.35 bits per heavy atom. The van der Waals surface area contributed by atoms with Crippen molar-refractivity contribution in [3.8, 4) is 0 Å². The first-order chi connectivity index (χ1) is 7.78. The van der Waals surface area contributed by atoms with Gasteiger partial charge in [-0.1, -0.05) is 0 Å². The SMILES string of the molecule is CC1(C)COB(c2cnc(P(C)(C)=O)nc2)O1. The maximum Gasteiger partial charge on any atom is 0.497 e. The molecule has 0 atom stereocenters. The molecule has 1 aliphatic heterocycles. The van der Waals surface area contributed by atoms with E-state index in [9.17, 15) is 4.57 Å². The van der Waals surface area contributed by atoms with Crippen LogP contribution in [0, 0.1) is 0 Å². The Labute approximate surface area is 101 Å². The van der Waals surface area contributed by atoms with E-state index in [0.29, 0.717) is 12.2 Å². The van der Waals surface area contributed by atoms with E-state index < -0.39 is 14.3 Å². The van der Waals surface area contributed by atoms with Gasteiger partial charge in [-0.15, -0.1) is 0 Å². The molecule has 1 fully saturated rings. The van der Waals surface area contributed by atoms with E-state index >= 15 is 0 Å². The predicted molar refractivity (Wildman–Crippen MR) is 67.6 cm³/mol. The van der Waals surface area contributed by atoms with Crippen molar-refractivity contribution in [2.24, 2.45) is 0 Å². The van der Waals surface area contributed by atoms with Crippen LogP contribution in [-0.2, 0) is 13.9 Å². The summed E-state index contributed by atoms with van der Waals surface area (Å²) in [6.07, 6.45) is 3.24. The zero-order valence-corrected chi connectivity index (χ0v) is 11.4. The third-order valence-corrected chi connectivity index (χ3v) is 3.61. The van der Waals surface area contributed by atoms with Gasteiger partial charge in [-0.3, -0.25) is 0 Å². The van der Waals surface area contributed by atoms with Crippen LogP contribution < -0.4 is 11.0 Å². The summed E-state index contributed by atoms with van der Waals surface area (Å²) in [4.78, 5) is 8.22. The zero-order valence-electron chi connectivity index (χ0n) is 10.5.